The summed E-state index contributed by atoms with van der Waals surface area (Å²) in [7, 11) is 0. The lowest BCUT2D eigenvalue weighted by Crippen LogP contribution is -2.23. The summed E-state index contributed by atoms with van der Waals surface area (Å²) in [6.07, 6.45) is 0.946. The molecule has 1 heterocycles. The minimum Gasteiger partial charge on any atom is -0.508 e. The lowest BCUT2D eigenvalue weighted by molar-refractivity contribution is 0.460. The monoisotopic (exact) mass is 163 g/mol. The van der Waals surface area contributed by atoms with Crippen LogP contribution in [0.1, 0.15) is 16.7 Å². The number of phenols is 1. The number of nitrogens with one attached hydrogen (secondary N) is 1. The summed E-state index contributed by atoms with van der Waals surface area (Å²) < 4.78 is 0. The van der Waals surface area contributed by atoms with Crippen LogP contribution in [0.25, 0.3) is 0 Å². The van der Waals surface area contributed by atoms with Crippen molar-refractivity contribution in [2.45, 2.75) is 19.9 Å². The van der Waals surface area contributed by atoms with Crippen LogP contribution in [0.5, 0.6) is 5.75 Å². The van der Waals surface area contributed by atoms with Gasteiger partial charge in [-0.15, -0.1) is 0 Å². The van der Waals surface area contributed by atoms with Crippen molar-refractivity contribution in [3.63, 3.8) is 0 Å². The van der Waals surface area contributed by atoms with Crippen LogP contribution in [0.15, 0.2) is 12.1 Å². The SMILES string of the molecule is Cc1cc(O)c2c(c1)CNCC2. The Kier molecular flexibility index (Phi) is 1.77. The summed E-state index contributed by atoms with van der Waals surface area (Å²) in [4.78, 5) is 0. The highest BCUT2D eigenvalue weighted by atomic mass is 16.3. The first-order valence-electron chi connectivity index (χ1n) is 4.29. The Morgan fingerprint density at radius 1 is 1.42 bits per heavy atom. The normalized spacial score (nSPS) is 15.8. The van der Waals surface area contributed by atoms with Gasteiger partial charge in [0.05, 0.1) is 0 Å². The molecule has 0 radical (unpaired) electrons. The summed E-state index contributed by atoms with van der Waals surface area (Å²) in [5.74, 6) is 0.464. The van der Waals surface area contributed by atoms with Gasteiger partial charge >= 0.3 is 0 Å². The van der Waals surface area contributed by atoms with Gasteiger partial charge in [0.1, 0.15) is 5.75 Å². The van der Waals surface area contributed by atoms with Gasteiger partial charge in [-0.05, 0) is 42.6 Å². The van der Waals surface area contributed by atoms with Gasteiger partial charge in [0.2, 0.25) is 0 Å². The van der Waals surface area contributed by atoms with Crippen LogP contribution in [0, 0.1) is 6.92 Å². The molecule has 2 rings (SSSR count). The standard InChI is InChI=1S/C10H13NO/c1-7-4-8-6-11-3-2-9(8)10(12)5-7/h4-5,11-12H,2-3,6H2,1H3. The highest BCUT2D eigenvalue weighted by molar-refractivity contribution is 5.43. The number of fused-ring (bicyclic) bond motifs is 1. The first kappa shape index (κ1) is 7.62. The van der Waals surface area contributed by atoms with E-state index in [4.69, 9.17) is 0 Å². The molecule has 1 aliphatic rings. The maximum absolute atomic E-state index is 9.61. The second kappa shape index (κ2) is 2.79. The molecule has 12 heavy (non-hydrogen) atoms. The number of rotatable bonds is 0. The average molecular weight is 163 g/mol. The number of hydrogen-bond donors (Lipinski definition) is 2. The van der Waals surface area contributed by atoms with Crippen molar-refractivity contribution in [2.24, 2.45) is 0 Å². The van der Waals surface area contributed by atoms with E-state index in [1.165, 1.54) is 5.56 Å². The zero-order chi connectivity index (χ0) is 8.55. The average Bonchev–Trinajstić information content (AvgIpc) is 2.04. The van der Waals surface area contributed by atoms with Gasteiger partial charge in [-0.25, -0.2) is 0 Å². The quantitative estimate of drug-likeness (QED) is 0.605. The minimum absolute atomic E-state index is 0.464. The first-order valence-corrected chi connectivity index (χ1v) is 4.29. The number of aromatic hydroxyl groups is 1. The fourth-order valence-electron chi connectivity index (χ4n) is 1.75. The van der Waals surface area contributed by atoms with Gasteiger partial charge in [0.15, 0.2) is 0 Å². The van der Waals surface area contributed by atoms with E-state index in [2.05, 4.69) is 11.4 Å². The largest absolute Gasteiger partial charge is 0.508 e. The van der Waals surface area contributed by atoms with E-state index >= 15 is 0 Å². The Morgan fingerprint density at radius 3 is 3.08 bits per heavy atom. The zero-order valence-electron chi connectivity index (χ0n) is 7.22. The third-order valence-corrected chi connectivity index (χ3v) is 2.33. The molecule has 0 aromatic heterocycles. The van der Waals surface area contributed by atoms with Gasteiger partial charge < -0.3 is 10.4 Å². The number of aryl methyl sites for hydroxylation is 1. The molecule has 0 amide bonds. The molecule has 0 saturated heterocycles. The first-order chi connectivity index (χ1) is 5.77. The van der Waals surface area contributed by atoms with Gasteiger partial charge in [-0.1, -0.05) is 6.07 Å². The summed E-state index contributed by atoms with van der Waals surface area (Å²) in [5, 5.41) is 12.9. The molecule has 0 atom stereocenters. The van der Waals surface area contributed by atoms with E-state index in [0.29, 0.717) is 5.75 Å². The molecular weight excluding hydrogens is 150 g/mol. The highest BCUT2D eigenvalue weighted by Crippen LogP contribution is 2.25. The molecule has 1 aromatic carbocycles. The Hall–Kier alpha value is -1.02. The third-order valence-electron chi connectivity index (χ3n) is 2.33. The molecule has 0 saturated carbocycles. The summed E-state index contributed by atoms with van der Waals surface area (Å²) in [5.41, 5.74) is 3.51. The van der Waals surface area contributed by atoms with Crippen LogP contribution < -0.4 is 5.32 Å². The molecule has 2 N–H and O–H groups in total. The van der Waals surface area contributed by atoms with E-state index in [-0.39, 0.29) is 0 Å². The van der Waals surface area contributed by atoms with Gasteiger partial charge in [-0.3, -0.25) is 0 Å². The predicted octanol–water partition coefficient (Wildman–Crippen LogP) is 1.35. The van der Waals surface area contributed by atoms with E-state index in [1.54, 1.807) is 0 Å². The van der Waals surface area contributed by atoms with Crippen LogP contribution in [-0.2, 0) is 13.0 Å². The molecule has 2 nitrogen and oxygen atoms in total. The predicted molar refractivity (Wildman–Crippen MR) is 48.3 cm³/mol. The summed E-state index contributed by atoms with van der Waals surface area (Å²) in [6, 6.07) is 3.98. The minimum atomic E-state index is 0.464. The maximum atomic E-state index is 9.61. The number of benzene rings is 1. The molecule has 1 aliphatic heterocycles. The molecule has 0 unspecified atom stereocenters. The molecule has 0 bridgehead atoms. The van der Waals surface area contributed by atoms with E-state index < -0.39 is 0 Å². The van der Waals surface area contributed by atoms with E-state index in [9.17, 15) is 5.11 Å². The number of hydrogen-bond acceptors (Lipinski definition) is 2. The highest BCUT2D eigenvalue weighted by Gasteiger charge is 2.12. The van der Waals surface area contributed by atoms with Crippen molar-refractivity contribution in [3.05, 3.63) is 28.8 Å². The van der Waals surface area contributed by atoms with Crippen molar-refractivity contribution >= 4 is 0 Å². The maximum Gasteiger partial charge on any atom is 0.119 e. The van der Waals surface area contributed by atoms with Crippen molar-refractivity contribution in [1.29, 1.82) is 0 Å². The Balaban J connectivity index is 2.53. The summed E-state index contributed by atoms with van der Waals surface area (Å²) in [6.45, 7) is 3.88. The lowest BCUT2D eigenvalue weighted by atomic mass is 9.98. The molecule has 0 spiro atoms. The van der Waals surface area contributed by atoms with Crippen LogP contribution in [-0.4, -0.2) is 11.7 Å². The molecule has 0 fully saturated rings. The van der Waals surface area contributed by atoms with Crippen LogP contribution in [0.3, 0.4) is 0 Å². The molecular formula is C10H13NO. The van der Waals surface area contributed by atoms with Crippen molar-refractivity contribution in [2.75, 3.05) is 6.54 Å². The van der Waals surface area contributed by atoms with Crippen molar-refractivity contribution < 1.29 is 5.11 Å². The Bertz CT molecular complexity index is 307. The topological polar surface area (TPSA) is 32.3 Å². The molecule has 64 valence electrons. The Labute approximate surface area is 72.2 Å². The molecule has 1 aromatic rings. The lowest BCUT2D eigenvalue weighted by Gasteiger charge is -2.18. The van der Waals surface area contributed by atoms with Crippen molar-refractivity contribution in [1.82, 2.24) is 5.32 Å². The number of phenolic OH excluding ortho intramolecular Hbond substituents is 1. The second-order valence-electron chi connectivity index (χ2n) is 3.35. The smallest absolute Gasteiger partial charge is 0.119 e. The molecule has 2 heteroatoms. The van der Waals surface area contributed by atoms with E-state index in [0.717, 1.165) is 30.6 Å². The fourth-order valence-corrected chi connectivity index (χ4v) is 1.75. The Morgan fingerprint density at radius 2 is 2.25 bits per heavy atom. The van der Waals surface area contributed by atoms with Gasteiger partial charge in [0.25, 0.3) is 0 Å². The van der Waals surface area contributed by atoms with Crippen LogP contribution >= 0.6 is 0 Å². The fraction of sp³-hybridized carbons (Fsp3) is 0.400. The third kappa shape index (κ3) is 1.18. The second-order valence-corrected chi connectivity index (χ2v) is 3.35. The van der Waals surface area contributed by atoms with Crippen LogP contribution in [0.4, 0.5) is 0 Å². The summed E-state index contributed by atoms with van der Waals surface area (Å²) >= 11 is 0. The zero-order valence-corrected chi connectivity index (χ0v) is 7.22. The van der Waals surface area contributed by atoms with Gasteiger partial charge in [-0.2, -0.15) is 0 Å². The van der Waals surface area contributed by atoms with Crippen molar-refractivity contribution in [3.8, 4) is 5.75 Å². The molecule has 0 aliphatic carbocycles. The van der Waals surface area contributed by atoms with Crippen LogP contribution in [0.2, 0.25) is 0 Å². The van der Waals surface area contributed by atoms with Gasteiger partial charge in [0, 0.05) is 6.54 Å². The van der Waals surface area contributed by atoms with E-state index in [1.807, 2.05) is 13.0 Å².